The van der Waals surface area contributed by atoms with E-state index in [4.69, 9.17) is 19.9 Å². The van der Waals surface area contributed by atoms with Gasteiger partial charge in [0.2, 0.25) is 0 Å². The molecule has 4 nitrogen and oxygen atoms in total. The van der Waals surface area contributed by atoms with E-state index in [2.05, 4.69) is 152 Å². The molecule has 11 aromatic rings. The lowest BCUT2D eigenvalue weighted by Gasteiger charge is -2.16. The molecular formula is C50H30N4S. The number of thiophene rings is 1. The van der Waals surface area contributed by atoms with Gasteiger partial charge in [-0.3, -0.25) is 0 Å². The molecule has 0 saturated heterocycles. The highest BCUT2D eigenvalue weighted by Gasteiger charge is 2.21. The number of rotatable bonds is 5. The maximum absolute atomic E-state index is 5.57. The first-order chi connectivity index (χ1) is 27.3. The normalized spacial score (nSPS) is 11.6. The van der Waals surface area contributed by atoms with Crippen LogP contribution in [-0.2, 0) is 0 Å². The van der Waals surface area contributed by atoms with Crippen molar-refractivity contribution in [2.75, 3.05) is 0 Å². The van der Waals surface area contributed by atoms with Gasteiger partial charge in [0.1, 0.15) is 0 Å². The Morgan fingerprint density at radius 1 is 0.345 bits per heavy atom. The first-order valence-corrected chi connectivity index (χ1v) is 19.2. The van der Waals surface area contributed by atoms with Crippen LogP contribution in [0.15, 0.2) is 182 Å². The van der Waals surface area contributed by atoms with Crippen LogP contribution >= 0.6 is 11.3 Å². The first-order valence-electron chi connectivity index (χ1n) is 18.4. The monoisotopic (exact) mass is 718 g/mol. The van der Waals surface area contributed by atoms with Crippen LogP contribution in [0.3, 0.4) is 0 Å². The molecule has 0 aliphatic rings. The van der Waals surface area contributed by atoms with Gasteiger partial charge in [-0.2, -0.15) is 0 Å². The van der Waals surface area contributed by atoms with Crippen molar-refractivity contribution in [3.8, 4) is 56.2 Å². The van der Waals surface area contributed by atoms with E-state index in [0.29, 0.717) is 0 Å². The minimum atomic E-state index is 0.838. The zero-order chi connectivity index (χ0) is 36.3. The van der Waals surface area contributed by atoms with Crippen molar-refractivity contribution in [1.29, 1.82) is 0 Å². The van der Waals surface area contributed by atoms with Crippen molar-refractivity contribution in [3.63, 3.8) is 0 Å². The summed E-state index contributed by atoms with van der Waals surface area (Å²) in [7, 11) is 0. The molecule has 0 radical (unpaired) electrons. The van der Waals surface area contributed by atoms with Gasteiger partial charge in [-0.1, -0.05) is 146 Å². The molecule has 4 aromatic heterocycles. The fraction of sp³-hybridized carbons (Fsp3) is 0. The van der Waals surface area contributed by atoms with Gasteiger partial charge in [-0.05, 0) is 42.0 Å². The average Bonchev–Trinajstić information content (AvgIpc) is 3.65. The molecule has 55 heavy (non-hydrogen) atoms. The van der Waals surface area contributed by atoms with Gasteiger partial charge in [-0.15, -0.1) is 11.3 Å². The molecule has 0 atom stereocenters. The van der Waals surface area contributed by atoms with Gasteiger partial charge in [0.05, 0.1) is 44.8 Å². The Labute approximate surface area is 321 Å². The van der Waals surface area contributed by atoms with Crippen LogP contribution in [0.2, 0.25) is 0 Å². The molecular weight excluding hydrogens is 689 g/mol. The summed E-state index contributed by atoms with van der Waals surface area (Å²) in [4.78, 5) is 21.7. The lowest BCUT2D eigenvalue weighted by atomic mass is 9.95. The lowest BCUT2D eigenvalue weighted by Crippen LogP contribution is -1.98. The summed E-state index contributed by atoms with van der Waals surface area (Å²) in [6.45, 7) is 0. The van der Waals surface area contributed by atoms with Gasteiger partial charge < -0.3 is 0 Å². The molecule has 0 bridgehead atoms. The Balaban J connectivity index is 1.18. The van der Waals surface area contributed by atoms with E-state index in [0.717, 1.165) is 89.0 Å². The largest absolute Gasteiger partial charge is 0.245 e. The molecule has 0 N–H and O–H groups in total. The van der Waals surface area contributed by atoms with Gasteiger partial charge >= 0.3 is 0 Å². The van der Waals surface area contributed by atoms with Crippen molar-refractivity contribution in [3.05, 3.63) is 182 Å². The maximum atomic E-state index is 5.57. The van der Waals surface area contributed by atoms with Crippen molar-refractivity contribution in [2.45, 2.75) is 0 Å². The average molecular weight is 719 g/mol. The summed E-state index contributed by atoms with van der Waals surface area (Å²) in [5.41, 5.74) is 13.2. The van der Waals surface area contributed by atoms with Crippen molar-refractivity contribution in [1.82, 2.24) is 19.9 Å². The third kappa shape index (κ3) is 5.28. The molecule has 0 aliphatic heterocycles. The predicted molar refractivity (Wildman–Crippen MR) is 230 cm³/mol. The summed E-state index contributed by atoms with van der Waals surface area (Å²) in [6, 6.07) is 63.4. The van der Waals surface area contributed by atoms with Gasteiger partial charge in [0, 0.05) is 58.8 Å². The SMILES string of the molecule is c1ccc(-c2ccc3cc(-c4cccc5nc(-c6cccc7c6sc6ccccc67)c(-c6ccccc6)nc45)c4ccc(-c5ccccc5)nc4c3n2)cc1. The van der Waals surface area contributed by atoms with E-state index < -0.39 is 0 Å². The number of pyridine rings is 2. The van der Waals surface area contributed by atoms with Crippen LogP contribution in [0.4, 0.5) is 0 Å². The van der Waals surface area contributed by atoms with Crippen LogP contribution < -0.4 is 0 Å². The van der Waals surface area contributed by atoms with Crippen LogP contribution in [0.25, 0.3) is 109 Å². The number of hydrogen-bond acceptors (Lipinski definition) is 5. The van der Waals surface area contributed by atoms with Crippen LogP contribution in [0.5, 0.6) is 0 Å². The topological polar surface area (TPSA) is 51.6 Å². The van der Waals surface area contributed by atoms with Crippen molar-refractivity contribution in [2.24, 2.45) is 0 Å². The van der Waals surface area contributed by atoms with E-state index in [9.17, 15) is 0 Å². The first kappa shape index (κ1) is 31.4. The second-order valence-electron chi connectivity index (χ2n) is 13.8. The number of para-hydroxylation sites is 1. The van der Waals surface area contributed by atoms with E-state index in [1.807, 2.05) is 41.7 Å². The highest BCUT2D eigenvalue weighted by molar-refractivity contribution is 7.26. The van der Waals surface area contributed by atoms with E-state index in [1.165, 1.54) is 20.2 Å². The fourth-order valence-electron chi connectivity index (χ4n) is 7.84. The summed E-state index contributed by atoms with van der Waals surface area (Å²) >= 11 is 1.81. The molecule has 7 aromatic carbocycles. The molecule has 0 saturated carbocycles. The molecule has 0 aliphatic carbocycles. The summed E-state index contributed by atoms with van der Waals surface area (Å²) < 4.78 is 2.48. The standard InChI is InChI=1S/C50H30N4S/c1-4-14-31(15-5-1)41-28-26-34-30-40(37-27-29-42(32-16-6-2-7-17-32)52-48(37)46(34)51-41)36-21-13-24-43-47(36)54-45(33-18-8-3-9-19-33)49(53-43)39-23-12-22-38-35-20-10-11-25-44(35)55-50(38)39/h1-30H. The Morgan fingerprint density at radius 3 is 1.73 bits per heavy atom. The molecule has 4 heterocycles. The van der Waals surface area contributed by atoms with E-state index in [1.54, 1.807) is 0 Å². The minimum Gasteiger partial charge on any atom is -0.245 e. The molecule has 256 valence electrons. The molecule has 11 rings (SSSR count). The molecule has 5 heteroatoms. The Bertz CT molecular complexity index is 3250. The number of benzene rings is 7. The van der Waals surface area contributed by atoms with Crippen LogP contribution in [0, 0.1) is 0 Å². The third-order valence-corrected chi connectivity index (χ3v) is 11.7. The number of nitrogens with zero attached hydrogens (tertiary/aromatic N) is 4. The number of fused-ring (bicyclic) bond motifs is 7. The lowest BCUT2D eigenvalue weighted by molar-refractivity contribution is 1.30. The van der Waals surface area contributed by atoms with Crippen molar-refractivity contribution < 1.29 is 0 Å². The Hall–Kier alpha value is -7.08. The smallest absolute Gasteiger partial charge is 0.0987 e. The highest BCUT2D eigenvalue weighted by atomic mass is 32.1. The molecule has 0 amide bonds. The second-order valence-corrected chi connectivity index (χ2v) is 14.8. The van der Waals surface area contributed by atoms with Crippen LogP contribution in [-0.4, -0.2) is 19.9 Å². The summed E-state index contributed by atoms with van der Waals surface area (Å²) in [5, 5.41) is 4.53. The van der Waals surface area contributed by atoms with E-state index >= 15 is 0 Å². The summed E-state index contributed by atoms with van der Waals surface area (Å²) in [6.07, 6.45) is 0. The van der Waals surface area contributed by atoms with Gasteiger partial charge in [0.25, 0.3) is 0 Å². The van der Waals surface area contributed by atoms with Crippen LogP contribution in [0.1, 0.15) is 0 Å². The highest BCUT2D eigenvalue weighted by Crippen LogP contribution is 2.44. The van der Waals surface area contributed by atoms with Gasteiger partial charge in [0.15, 0.2) is 0 Å². The fourth-order valence-corrected chi connectivity index (χ4v) is 9.06. The quantitative estimate of drug-likeness (QED) is 0.166. The van der Waals surface area contributed by atoms with Crippen molar-refractivity contribution >= 4 is 64.3 Å². The zero-order valence-electron chi connectivity index (χ0n) is 29.5. The summed E-state index contributed by atoms with van der Waals surface area (Å²) in [5.74, 6) is 0. The predicted octanol–water partition coefficient (Wildman–Crippen LogP) is 13.4. The maximum Gasteiger partial charge on any atom is 0.0987 e. The Kier molecular flexibility index (Phi) is 7.32. The molecule has 0 spiro atoms. The molecule has 0 unspecified atom stereocenters. The third-order valence-electron chi connectivity index (χ3n) is 10.5. The van der Waals surface area contributed by atoms with Gasteiger partial charge in [-0.25, -0.2) is 19.9 Å². The Morgan fingerprint density at radius 2 is 0.964 bits per heavy atom. The molecule has 0 fully saturated rings. The second kappa shape index (κ2) is 12.8. The number of aromatic nitrogens is 4. The zero-order valence-corrected chi connectivity index (χ0v) is 30.3. The number of hydrogen-bond donors (Lipinski definition) is 0. The van der Waals surface area contributed by atoms with E-state index in [-0.39, 0.29) is 0 Å². The minimum absolute atomic E-state index is 0.838.